The van der Waals surface area contributed by atoms with Crippen LogP contribution >= 0.6 is 11.3 Å². The lowest BCUT2D eigenvalue weighted by atomic mass is 10.2. The topological polar surface area (TPSA) is 66.8 Å². The van der Waals surface area contributed by atoms with Crippen molar-refractivity contribution in [3.8, 4) is 11.8 Å². The Balaban J connectivity index is 1.78. The zero-order chi connectivity index (χ0) is 14.8. The molecule has 110 valence electrons. The molecule has 0 spiro atoms. The molecule has 0 aliphatic carbocycles. The molecule has 3 heterocycles. The van der Waals surface area contributed by atoms with E-state index in [0.717, 1.165) is 10.4 Å². The molecular formula is C15H15NO4S. The zero-order valence-corrected chi connectivity index (χ0v) is 12.2. The van der Waals surface area contributed by atoms with Crippen molar-refractivity contribution in [2.45, 2.75) is 38.0 Å². The van der Waals surface area contributed by atoms with Gasteiger partial charge >= 0.3 is 0 Å². The molecule has 0 saturated carbocycles. The average Bonchev–Trinajstić information content (AvgIpc) is 3.10. The first-order valence-electron chi connectivity index (χ1n) is 6.87. The van der Waals surface area contributed by atoms with Crippen molar-refractivity contribution in [3.05, 3.63) is 21.9 Å². The number of ether oxygens (including phenoxy) is 1. The van der Waals surface area contributed by atoms with Crippen LogP contribution in [0, 0.1) is 11.8 Å². The largest absolute Gasteiger partial charge is 0.395 e. The van der Waals surface area contributed by atoms with Gasteiger partial charge in [0.05, 0.1) is 13.2 Å². The molecule has 1 aromatic heterocycles. The molecule has 1 N–H and O–H groups in total. The van der Waals surface area contributed by atoms with E-state index in [2.05, 4.69) is 11.8 Å². The number of imide groups is 1. The Bertz CT molecular complexity index is 605. The van der Waals surface area contributed by atoms with Crippen molar-refractivity contribution in [2.24, 2.45) is 0 Å². The third-order valence-electron chi connectivity index (χ3n) is 3.61. The number of fused-ring (bicyclic) bond motifs is 2. The van der Waals surface area contributed by atoms with E-state index in [0.29, 0.717) is 19.3 Å². The molecule has 2 atom stereocenters. The molecule has 2 aliphatic heterocycles. The Labute approximate surface area is 126 Å². The van der Waals surface area contributed by atoms with Crippen LogP contribution in [0.3, 0.4) is 0 Å². The third-order valence-corrected chi connectivity index (χ3v) is 4.52. The van der Waals surface area contributed by atoms with Crippen LogP contribution in [0.25, 0.3) is 0 Å². The highest BCUT2D eigenvalue weighted by Crippen LogP contribution is 2.30. The monoisotopic (exact) mass is 305 g/mol. The number of carbonyl (C=O) groups excluding carboxylic acids is 2. The van der Waals surface area contributed by atoms with E-state index >= 15 is 0 Å². The van der Waals surface area contributed by atoms with Gasteiger partial charge in [0, 0.05) is 16.9 Å². The number of likely N-dealkylation sites (tertiary alicyclic amines) is 1. The Morgan fingerprint density at radius 2 is 2.05 bits per heavy atom. The van der Waals surface area contributed by atoms with E-state index in [1.54, 1.807) is 0 Å². The van der Waals surface area contributed by atoms with Crippen LogP contribution in [0.2, 0.25) is 0 Å². The van der Waals surface area contributed by atoms with Gasteiger partial charge in [0.25, 0.3) is 11.8 Å². The molecule has 2 fully saturated rings. The number of carbonyl (C=O) groups is 2. The van der Waals surface area contributed by atoms with Crippen LogP contribution in [0.4, 0.5) is 0 Å². The van der Waals surface area contributed by atoms with Gasteiger partial charge in [-0.3, -0.25) is 14.5 Å². The van der Waals surface area contributed by atoms with Crippen molar-refractivity contribution in [3.63, 3.8) is 0 Å². The highest BCUT2D eigenvalue weighted by Gasteiger charge is 2.46. The maximum absolute atomic E-state index is 12.2. The van der Waals surface area contributed by atoms with Crippen LogP contribution in [0.1, 0.15) is 29.7 Å². The van der Waals surface area contributed by atoms with E-state index in [-0.39, 0.29) is 25.0 Å². The summed E-state index contributed by atoms with van der Waals surface area (Å²) in [5.74, 6) is 5.35. The van der Waals surface area contributed by atoms with Gasteiger partial charge in [-0.15, -0.1) is 11.3 Å². The normalized spacial score (nSPS) is 24.1. The van der Waals surface area contributed by atoms with Crippen molar-refractivity contribution in [1.82, 2.24) is 4.90 Å². The number of rotatable bonds is 3. The quantitative estimate of drug-likeness (QED) is 0.665. The first-order chi connectivity index (χ1) is 10.2. The highest BCUT2D eigenvalue weighted by molar-refractivity contribution is 7.10. The van der Waals surface area contributed by atoms with Crippen molar-refractivity contribution < 1.29 is 19.4 Å². The second-order valence-corrected chi connectivity index (χ2v) is 5.99. The molecule has 0 radical (unpaired) electrons. The lowest BCUT2D eigenvalue weighted by Gasteiger charge is -2.29. The molecule has 5 nitrogen and oxygen atoms in total. The Kier molecular flexibility index (Phi) is 4.06. The predicted molar refractivity (Wildman–Crippen MR) is 76.4 cm³/mol. The fourth-order valence-corrected chi connectivity index (χ4v) is 3.36. The fourth-order valence-electron chi connectivity index (χ4n) is 2.54. The summed E-state index contributed by atoms with van der Waals surface area (Å²) >= 11 is 1.48. The van der Waals surface area contributed by atoms with E-state index in [4.69, 9.17) is 9.84 Å². The molecular weight excluding hydrogens is 290 g/mol. The maximum atomic E-state index is 12.2. The molecule has 6 heteroatoms. The smallest absolute Gasteiger partial charge is 0.258 e. The summed E-state index contributed by atoms with van der Waals surface area (Å²) in [5, 5.41) is 10.6. The lowest BCUT2D eigenvalue weighted by Crippen LogP contribution is -2.51. The second kappa shape index (κ2) is 5.98. The SMILES string of the molecule is O=C1C2CCC(O2)C(=O)N1Cc1sccc1C#CCCO. The first-order valence-corrected chi connectivity index (χ1v) is 7.75. The molecule has 2 saturated heterocycles. The van der Waals surface area contributed by atoms with Gasteiger partial charge in [0.1, 0.15) is 12.2 Å². The van der Waals surface area contributed by atoms with Gasteiger partial charge in [-0.25, -0.2) is 0 Å². The number of hydrogen-bond donors (Lipinski definition) is 1. The van der Waals surface area contributed by atoms with E-state index in [9.17, 15) is 9.59 Å². The van der Waals surface area contributed by atoms with E-state index in [1.807, 2.05) is 11.4 Å². The molecule has 3 rings (SSSR count). The van der Waals surface area contributed by atoms with Gasteiger partial charge in [0.2, 0.25) is 0 Å². The van der Waals surface area contributed by atoms with Crippen molar-refractivity contribution in [2.75, 3.05) is 6.61 Å². The van der Waals surface area contributed by atoms with Crippen molar-refractivity contribution in [1.29, 1.82) is 0 Å². The van der Waals surface area contributed by atoms with Crippen LogP contribution in [0.5, 0.6) is 0 Å². The van der Waals surface area contributed by atoms with Crippen LogP contribution in [-0.4, -0.2) is 40.6 Å². The average molecular weight is 305 g/mol. The summed E-state index contributed by atoms with van der Waals surface area (Å²) < 4.78 is 5.39. The minimum atomic E-state index is -0.461. The van der Waals surface area contributed by atoms with Crippen LogP contribution < -0.4 is 0 Å². The summed E-state index contributed by atoms with van der Waals surface area (Å²) in [5.41, 5.74) is 0.813. The summed E-state index contributed by atoms with van der Waals surface area (Å²) in [4.78, 5) is 26.6. The Hall–Kier alpha value is -1.68. The maximum Gasteiger partial charge on any atom is 0.258 e. The van der Waals surface area contributed by atoms with Gasteiger partial charge in [-0.1, -0.05) is 11.8 Å². The van der Waals surface area contributed by atoms with Gasteiger partial charge in [-0.2, -0.15) is 0 Å². The first kappa shape index (κ1) is 14.3. The molecule has 1 aromatic rings. The minimum absolute atomic E-state index is 0.0241. The number of aliphatic hydroxyl groups is 1. The van der Waals surface area contributed by atoms with E-state index < -0.39 is 12.2 Å². The third kappa shape index (κ3) is 2.72. The number of aliphatic hydroxyl groups excluding tert-OH is 1. The van der Waals surface area contributed by atoms with Gasteiger partial charge in [0.15, 0.2) is 0 Å². The summed E-state index contributed by atoms with van der Waals surface area (Å²) in [6.07, 6.45) is 0.737. The lowest BCUT2D eigenvalue weighted by molar-refractivity contribution is -0.169. The molecule has 2 bridgehead atoms. The van der Waals surface area contributed by atoms with Crippen LogP contribution in [0.15, 0.2) is 11.4 Å². The van der Waals surface area contributed by atoms with Crippen LogP contribution in [-0.2, 0) is 20.9 Å². The molecule has 21 heavy (non-hydrogen) atoms. The van der Waals surface area contributed by atoms with Crippen molar-refractivity contribution >= 4 is 23.2 Å². The number of hydrogen-bond acceptors (Lipinski definition) is 5. The Morgan fingerprint density at radius 3 is 2.71 bits per heavy atom. The molecule has 0 aromatic carbocycles. The summed E-state index contributed by atoms with van der Waals surface area (Å²) in [6.45, 7) is 0.283. The standard InChI is InChI=1S/C15H15NO4S/c17-7-2-1-3-10-6-8-21-13(10)9-16-14(18)11-4-5-12(20-11)15(16)19/h6,8,11-12,17H,2,4-5,7,9H2. The fraction of sp³-hybridized carbons (Fsp3) is 0.467. The predicted octanol–water partition coefficient (Wildman–Crippen LogP) is 0.898. The number of amides is 2. The summed E-state index contributed by atoms with van der Waals surface area (Å²) in [6, 6.07) is 1.87. The highest BCUT2D eigenvalue weighted by atomic mass is 32.1. The zero-order valence-electron chi connectivity index (χ0n) is 11.4. The van der Waals surface area contributed by atoms with Gasteiger partial charge < -0.3 is 9.84 Å². The molecule has 2 unspecified atom stereocenters. The number of nitrogens with zero attached hydrogens (tertiary/aromatic N) is 1. The number of morpholine rings is 1. The Morgan fingerprint density at radius 1 is 1.33 bits per heavy atom. The second-order valence-electron chi connectivity index (χ2n) is 4.99. The number of thiophene rings is 1. The molecule has 2 amide bonds. The van der Waals surface area contributed by atoms with E-state index in [1.165, 1.54) is 16.2 Å². The molecule has 2 aliphatic rings. The minimum Gasteiger partial charge on any atom is -0.395 e. The summed E-state index contributed by atoms with van der Waals surface area (Å²) in [7, 11) is 0. The van der Waals surface area contributed by atoms with Gasteiger partial charge in [-0.05, 0) is 24.3 Å².